The fourth-order valence-electron chi connectivity index (χ4n) is 3.05. The lowest BCUT2D eigenvalue weighted by molar-refractivity contribution is -0.116. The molecule has 0 saturated heterocycles. The Kier molecular flexibility index (Phi) is 4.19. The number of rotatable bonds is 3. The van der Waals surface area contributed by atoms with Crippen LogP contribution in [0.25, 0.3) is 11.1 Å². The maximum atomic E-state index is 12.8. The van der Waals surface area contributed by atoms with Crippen molar-refractivity contribution in [2.45, 2.75) is 43.9 Å². The van der Waals surface area contributed by atoms with Gasteiger partial charge in [0.25, 0.3) is 10.0 Å². The first kappa shape index (κ1) is 18.5. The summed E-state index contributed by atoms with van der Waals surface area (Å²) in [6.45, 7) is 6.00. The van der Waals surface area contributed by atoms with Gasteiger partial charge < -0.3 is 9.73 Å². The fraction of sp³-hybridized carbons (Fsp3) is 0.300. The highest BCUT2D eigenvalue weighted by atomic mass is 32.2. The van der Waals surface area contributed by atoms with Crippen molar-refractivity contribution in [2.24, 2.45) is 0 Å². The summed E-state index contributed by atoms with van der Waals surface area (Å²) in [5.41, 5.74) is 2.85. The summed E-state index contributed by atoms with van der Waals surface area (Å²) < 4.78 is 34.0. The minimum Gasteiger partial charge on any atom is -0.440 e. The molecule has 0 radical (unpaired) electrons. The number of nitrogens with zero attached hydrogens (tertiary/aromatic N) is 1. The Bertz CT molecular complexity index is 1190. The van der Waals surface area contributed by atoms with Crippen molar-refractivity contribution in [3.63, 3.8) is 0 Å². The molecule has 0 unspecified atom stereocenters. The lowest BCUT2D eigenvalue weighted by Gasteiger charge is -2.17. The molecule has 1 aliphatic heterocycles. The average Bonchev–Trinajstić information content (AvgIpc) is 3.04. The van der Waals surface area contributed by atoms with Crippen LogP contribution in [0, 0.1) is 0 Å². The third-order valence-corrected chi connectivity index (χ3v) is 5.94. The monoisotopic (exact) mass is 399 g/mol. The van der Waals surface area contributed by atoms with Gasteiger partial charge in [-0.05, 0) is 48.4 Å². The summed E-state index contributed by atoms with van der Waals surface area (Å²) >= 11 is 0. The van der Waals surface area contributed by atoms with E-state index in [-0.39, 0.29) is 16.2 Å². The molecule has 2 aromatic carbocycles. The Morgan fingerprint density at radius 3 is 2.64 bits per heavy atom. The van der Waals surface area contributed by atoms with Gasteiger partial charge in [0.2, 0.25) is 11.8 Å². The number of sulfonamides is 1. The van der Waals surface area contributed by atoms with Gasteiger partial charge in [0, 0.05) is 17.5 Å². The maximum Gasteiger partial charge on any atom is 0.261 e. The van der Waals surface area contributed by atoms with Crippen molar-refractivity contribution in [2.75, 3.05) is 10.0 Å². The zero-order valence-electron chi connectivity index (χ0n) is 15.9. The van der Waals surface area contributed by atoms with Crippen LogP contribution in [0.5, 0.6) is 0 Å². The van der Waals surface area contributed by atoms with Crippen LogP contribution in [0.3, 0.4) is 0 Å². The summed E-state index contributed by atoms with van der Waals surface area (Å²) in [6.07, 6.45) is 0.869. The number of aromatic nitrogens is 1. The van der Waals surface area contributed by atoms with Crippen molar-refractivity contribution < 1.29 is 17.6 Å². The summed E-state index contributed by atoms with van der Waals surface area (Å²) in [4.78, 5) is 16.1. The van der Waals surface area contributed by atoms with Gasteiger partial charge in [-0.25, -0.2) is 13.4 Å². The molecular weight excluding hydrogens is 378 g/mol. The van der Waals surface area contributed by atoms with Crippen LogP contribution in [-0.4, -0.2) is 19.3 Å². The molecule has 146 valence electrons. The van der Waals surface area contributed by atoms with Gasteiger partial charge in [-0.3, -0.25) is 9.52 Å². The predicted octanol–water partition coefficient (Wildman–Crippen LogP) is 3.81. The molecule has 4 rings (SSSR count). The van der Waals surface area contributed by atoms with Crippen LogP contribution in [0.15, 0.2) is 45.7 Å². The Morgan fingerprint density at radius 2 is 1.89 bits per heavy atom. The summed E-state index contributed by atoms with van der Waals surface area (Å²) in [5.74, 6) is 0.538. The molecule has 3 aromatic rings. The van der Waals surface area contributed by atoms with Crippen molar-refractivity contribution in [3.8, 4) is 0 Å². The number of hydrogen-bond donors (Lipinski definition) is 2. The highest BCUT2D eigenvalue weighted by Crippen LogP contribution is 2.29. The van der Waals surface area contributed by atoms with E-state index in [0.717, 1.165) is 5.56 Å². The molecule has 0 saturated carbocycles. The molecule has 0 spiro atoms. The van der Waals surface area contributed by atoms with Gasteiger partial charge in [0.15, 0.2) is 5.58 Å². The SMILES string of the molecule is CC(C)(C)c1nc2cc(NS(=O)(=O)c3ccc4c(c3)CCC(=O)N4)ccc2o1. The number of anilines is 2. The molecule has 0 bridgehead atoms. The van der Waals surface area contributed by atoms with Gasteiger partial charge in [-0.2, -0.15) is 0 Å². The first-order chi connectivity index (χ1) is 13.1. The number of carbonyl (C=O) groups is 1. The Labute approximate surface area is 163 Å². The van der Waals surface area contributed by atoms with Crippen molar-refractivity contribution in [1.82, 2.24) is 4.98 Å². The van der Waals surface area contributed by atoms with Crippen LogP contribution >= 0.6 is 0 Å². The number of amides is 1. The standard InChI is InChI=1S/C20H21N3O4S/c1-20(2,3)19-22-16-11-13(5-8-17(16)27-19)23-28(25,26)14-6-7-15-12(10-14)4-9-18(24)21-15/h5-8,10-11,23H,4,9H2,1-3H3,(H,21,24). The minimum atomic E-state index is -3.77. The molecule has 0 aliphatic carbocycles. The predicted molar refractivity (Wildman–Crippen MR) is 107 cm³/mol. The number of hydrogen-bond acceptors (Lipinski definition) is 5. The van der Waals surface area contributed by atoms with Crippen LogP contribution in [0.1, 0.15) is 38.6 Å². The Hall–Kier alpha value is -2.87. The molecule has 2 N–H and O–H groups in total. The molecule has 8 heteroatoms. The van der Waals surface area contributed by atoms with E-state index < -0.39 is 10.0 Å². The van der Waals surface area contributed by atoms with Gasteiger partial charge in [0.1, 0.15) is 5.52 Å². The minimum absolute atomic E-state index is 0.0585. The molecular formula is C20H21N3O4S. The van der Waals surface area contributed by atoms with Crippen molar-refractivity contribution in [3.05, 3.63) is 47.9 Å². The highest BCUT2D eigenvalue weighted by Gasteiger charge is 2.22. The van der Waals surface area contributed by atoms with Crippen molar-refractivity contribution >= 4 is 38.4 Å². The molecule has 2 heterocycles. The summed E-state index contributed by atoms with van der Waals surface area (Å²) in [5, 5.41) is 2.75. The fourth-order valence-corrected chi connectivity index (χ4v) is 4.15. The number of aryl methyl sites for hydroxylation is 1. The van der Waals surface area contributed by atoms with E-state index in [2.05, 4.69) is 15.0 Å². The topological polar surface area (TPSA) is 101 Å². The van der Waals surface area contributed by atoms with E-state index in [0.29, 0.717) is 41.2 Å². The number of nitrogens with one attached hydrogen (secondary N) is 2. The van der Waals surface area contributed by atoms with Crippen LogP contribution in [0.2, 0.25) is 0 Å². The molecule has 0 fully saturated rings. The van der Waals surface area contributed by atoms with Gasteiger partial charge in [0.05, 0.1) is 10.6 Å². The first-order valence-electron chi connectivity index (χ1n) is 8.98. The second-order valence-electron chi connectivity index (χ2n) is 7.92. The van der Waals surface area contributed by atoms with E-state index in [1.165, 1.54) is 6.07 Å². The molecule has 1 aromatic heterocycles. The number of benzene rings is 2. The molecule has 7 nitrogen and oxygen atoms in total. The normalized spacial score (nSPS) is 14.6. The Morgan fingerprint density at radius 1 is 1.11 bits per heavy atom. The van der Waals surface area contributed by atoms with Gasteiger partial charge in [-0.1, -0.05) is 20.8 Å². The van der Waals surface area contributed by atoms with Gasteiger partial charge in [-0.15, -0.1) is 0 Å². The first-order valence-corrected chi connectivity index (χ1v) is 10.5. The summed E-state index contributed by atoms with van der Waals surface area (Å²) in [7, 11) is -3.77. The zero-order valence-corrected chi connectivity index (χ0v) is 16.7. The molecule has 0 atom stereocenters. The van der Waals surface area contributed by atoms with E-state index >= 15 is 0 Å². The third-order valence-electron chi connectivity index (χ3n) is 4.56. The molecule has 28 heavy (non-hydrogen) atoms. The summed E-state index contributed by atoms with van der Waals surface area (Å²) in [6, 6.07) is 9.72. The van der Waals surface area contributed by atoms with Crippen LogP contribution < -0.4 is 10.0 Å². The quantitative estimate of drug-likeness (QED) is 0.697. The van der Waals surface area contributed by atoms with E-state index in [4.69, 9.17) is 4.42 Å². The van der Waals surface area contributed by atoms with Crippen LogP contribution in [-0.2, 0) is 26.7 Å². The molecule has 1 amide bonds. The molecule has 1 aliphatic rings. The third kappa shape index (κ3) is 3.47. The lowest BCUT2D eigenvalue weighted by atomic mass is 9.97. The lowest BCUT2D eigenvalue weighted by Crippen LogP contribution is -2.20. The zero-order chi connectivity index (χ0) is 20.1. The maximum absolute atomic E-state index is 12.8. The number of oxazole rings is 1. The number of fused-ring (bicyclic) bond motifs is 2. The highest BCUT2D eigenvalue weighted by molar-refractivity contribution is 7.92. The smallest absolute Gasteiger partial charge is 0.261 e. The average molecular weight is 399 g/mol. The Balaban J connectivity index is 1.63. The largest absolute Gasteiger partial charge is 0.440 e. The van der Waals surface area contributed by atoms with E-state index in [1.54, 1.807) is 30.3 Å². The van der Waals surface area contributed by atoms with Crippen molar-refractivity contribution in [1.29, 1.82) is 0 Å². The van der Waals surface area contributed by atoms with Gasteiger partial charge >= 0.3 is 0 Å². The second kappa shape index (κ2) is 6.34. The van der Waals surface area contributed by atoms with E-state index in [9.17, 15) is 13.2 Å². The second-order valence-corrected chi connectivity index (χ2v) is 9.61. The van der Waals surface area contributed by atoms with Crippen LogP contribution in [0.4, 0.5) is 11.4 Å². The number of carbonyl (C=O) groups excluding carboxylic acids is 1. The van der Waals surface area contributed by atoms with E-state index in [1.807, 2.05) is 20.8 Å².